The lowest BCUT2D eigenvalue weighted by molar-refractivity contribution is 0.0351. The Labute approximate surface area is 225 Å². The summed E-state index contributed by atoms with van der Waals surface area (Å²) in [5, 5.41) is 13.1. The third kappa shape index (κ3) is 6.92. The maximum Gasteiger partial charge on any atom is 0.317 e. The summed E-state index contributed by atoms with van der Waals surface area (Å²) in [6.07, 6.45) is 10.8. The number of fused-ring (bicyclic) bond motifs is 1. The van der Waals surface area contributed by atoms with Gasteiger partial charge in [0.25, 0.3) is 5.91 Å². The highest BCUT2D eigenvalue weighted by molar-refractivity contribution is 5.97. The van der Waals surface area contributed by atoms with Gasteiger partial charge in [0.1, 0.15) is 11.7 Å². The fourth-order valence-electron chi connectivity index (χ4n) is 5.07. The molecule has 1 aromatic heterocycles. The average molecular weight is 521 g/mol. The van der Waals surface area contributed by atoms with Gasteiger partial charge in [0.2, 0.25) is 5.88 Å². The van der Waals surface area contributed by atoms with Crippen molar-refractivity contribution in [3.05, 3.63) is 59.3 Å². The molecule has 38 heavy (non-hydrogen) atoms. The maximum atomic E-state index is 13.6. The SMILES string of the molecule is C[C@H]1CN([C@@H](C)CO)C(=O)c2cc(C=Cc3ccccc3)cnc2O[C@@H]1CN(C)C(=O)NC1CCCCC1. The number of amides is 3. The van der Waals surface area contributed by atoms with Crippen LogP contribution in [0.25, 0.3) is 12.2 Å². The number of pyridine rings is 1. The van der Waals surface area contributed by atoms with Crippen LogP contribution in [0.3, 0.4) is 0 Å². The number of carbonyl (C=O) groups excluding carboxylic acids is 2. The number of rotatable bonds is 7. The Balaban J connectivity index is 1.56. The Hall–Kier alpha value is -3.39. The summed E-state index contributed by atoms with van der Waals surface area (Å²) in [5.74, 6) is -0.0668. The Morgan fingerprint density at radius 2 is 1.92 bits per heavy atom. The minimum absolute atomic E-state index is 0.0921. The molecule has 3 atom stereocenters. The number of aliphatic hydroxyl groups is 1. The maximum absolute atomic E-state index is 13.6. The summed E-state index contributed by atoms with van der Waals surface area (Å²) in [5.41, 5.74) is 2.17. The minimum Gasteiger partial charge on any atom is -0.472 e. The van der Waals surface area contributed by atoms with E-state index in [4.69, 9.17) is 4.74 Å². The number of urea groups is 1. The van der Waals surface area contributed by atoms with Gasteiger partial charge in [0, 0.05) is 31.7 Å². The van der Waals surface area contributed by atoms with Crippen LogP contribution in [0.2, 0.25) is 0 Å². The third-order valence-electron chi connectivity index (χ3n) is 7.54. The van der Waals surface area contributed by atoms with E-state index < -0.39 is 0 Å². The van der Waals surface area contributed by atoms with Gasteiger partial charge >= 0.3 is 6.03 Å². The molecule has 0 radical (unpaired) electrons. The van der Waals surface area contributed by atoms with Gasteiger partial charge in [-0.15, -0.1) is 0 Å². The second-order valence-corrected chi connectivity index (χ2v) is 10.7. The quantitative estimate of drug-likeness (QED) is 0.563. The highest BCUT2D eigenvalue weighted by Gasteiger charge is 2.35. The molecule has 4 rings (SSSR count). The monoisotopic (exact) mass is 520 g/mol. The van der Waals surface area contributed by atoms with E-state index in [2.05, 4.69) is 10.3 Å². The van der Waals surface area contributed by atoms with Crippen LogP contribution < -0.4 is 10.1 Å². The molecule has 0 spiro atoms. The van der Waals surface area contributed by atoms with Crippen molar-refractivity contribution in [3.63, 3.8) is 0 Å². The van der Waals surface area contributed by atoms with Crippen molar-refractivity contribution in [1.82, 2.24) is 20.1 Å². The van der Waals surface area contributed by atoms with E-state index in [1.807, 2.05) is 56.3 Å². The van der Waals surface area contributed by atoms with Crippen LogP contribution in [0, 0.1) is 5.92 Å². The molecule has 0 unspecified atom stereocenters. The molecule has 2 aromatic rings. The number of carbonyl (C=O) groups is 2. The summed E-state index contributed by atoms with van der Waals surface area (Å²) in [6, 6.07) is 11.4. The van der Waals surface area contributed by atoms with Gasteiger partial charge in [-0.25, -0.2) is 9.78 Å². The molecule has 2 aliphatic rings. The largest absolute Gasteiger partial charge is 0.472 e. The van der Waals surface area contributed by atoms with Crippen molar-refractivity contribution in [2.75, 3.05) is 26.7 Å². The van der Waals surface area contributed by atoms with Crippen molar-refractivity contribution in [2.45, 2.75) is 64.1 Å². The molecule has 1 saturated carbocycles. The number of hydrogen-bond donors (Lipinski definition) is 2. The molecule has 2 heterocycles. The smallest absolute Gasteiger partial charge is 0.317 e. The predicted molar refractivity (Wildman–Crippen MR) is 149 cm³/mol. The molecule has 8 nitrogen and oxygen atoms in total. The van der Waals surface area contributed by atoms with E-state index in [1.165, 1.54) is 6.42 Å². The van der Waals surface area contributed by atoms with Crippen molar-refractivity contribution in [3.8, 4) is 5.88 Å². The average Bonchev–Trinajstić information content (AvgIpc) is 2.94. The molecular weight excluding hydrogens is 480 g/mol. The van der Waals surface area contributed by atoms with E-state index in [-0.39, 0.29) is 48.5 Å². The zero-order valence-corrected chi connectivity index (χ0v) is 22.7. The normalized spacial score (nSPS) is 21.3. The first-order valence-corrected chi connectivity index (χ1v) is 13.7. The summed E-state index contributed by atoms with van der Waals surface area (Å²) >= 11 is 0. The van der Waals surface area contributed by atoms with Gasteiger partial charge in [-0.05, 0) is 37.0 Å². The first-order valence-electron chi connectivity index (χ1n) is 13.7. The Kier molecular flexibility index (Phi) is 9.39. The van der Waals surface area contributed by atoms with Crippen molar-refractivity contribution >= 4 is 24.1 Å². The first-order chi connectivity index (χ1) is 18.4. The molecule has 1 aromatic carbocycles. The number of aromatic nitrogens is 1. The van der Waals surface area contributed by atoms with E-state index in [9.17, 15) is 14.7 Å². The Morgan fingerprint density at radius 1 is 1.21 bits per heavy atom. The van der Waals surface area contributed by atoms with Crippen molar-refractivity contribution in [2.24, 2.45) is 5.92 Å². The zero-order valence-electron chi connectivity index (χ0n) is 22.7. The van der Waals surface area contributed by atoms with Gasteiger partial charge in [-0.1, -0.05) is 68.7 Å². The second-order valence-electron chi connectivity index (χ2n) is 10.7. The van der Waals surface area contributed by atoms with Crippen molar-refractivity contribution in [1.29, 1.82) is 0 Å². The number of benzene rings is 1. The lowest BCUT2D eigenvalue weighted by Crippen LogP contribution is -2.52. The number of ether oxygens (including phenoxy) is 1. The van der Waals surface area contributed by atoms with E-state index in [0.717, 1.165) is 36.8 Å². The van der Waals surface area contributed by atoms with Gasteiger partial charge in [-0.2, -0.15) is 0 Å². The topological polar surface area (TPSA) is 95.0 Å². The van der Waals surface area contributed by atoms with Gasteiger partial charge in [-0.3, -0.25) is 4.79 Å². The van der Waals surface area contributed by atoms with Crippen LogP contribution in [-0.2, 0) is 0 Å². The third-order valence-corrected chi connectivity index (χ3v) is 7.54. The van der Waals surface area contributed by atoms with Gasteiger partial charge in [0.05, 0.1) is 19.2 Å². The van der Waals surface area contributed by atoms with Crippen LogP contribution in [0.5, 0.6) is 5.88 Å². The summed E-state index contributed by atoms with van der Waals surface area (Å²) in [4.78, 5) is 34.4. The van der Waals surface area contributed by atoms with E-state index in [0.29, 0.717) is 18.7 Å². The van der Waals surface area contributed by atoms with Crippen molar-refractivity contribution < 1.29 is 19.4 Å². The highest BCUT2D eigenvalue weighted by Crippen LogP contribution is 2.28. The summed E-state index contributed by atoms with van der Waals surface area (Å²) in [6.45, 7) is 4.44. The molecule has 0 bridgehead atoms. The predicted octanol–water partition coefficient (Wildman–Crippen LogP) is 4.45. The molecule has 1 aliphatic carbocycles. The van der Waals surface area contributed by atoms with Crippen LogP contribution in [0.15, 0.2) is 42.6 Å². The van der Waals surface area contributed by atoms with E-state index >= 15 is 0 Å². The highest BCUT2D eigenvalue weighted by atomic mass is 16.5. The van der Waals surface area contributed by atoms with Gasteiger partial charge < -0.3 is 25.0 Å². The number of nitrogens with zero attached hydrogens (tertiary/aromatic N) is 3. The number of hydrogen-bond acceptors (Lipinski definition) is 5. The molecule has 1 aliphatic heterocycles. The van der Waals surface area contributed by atoms with Gasteiger partial charge in [0.15, 0.2) is 0 Å². The molecule has 8 heteroatoms. The van der Waals surface area contributed by atoms with Crippen LogP contribution in [0.4, 0.5) is 4.79 Å². The number of aliphatic hydroxyl groups excluding tert-OH is 1. The van der Waals surface area contributed by atoms with Crippen LogP contribution in [0.1, 0.15) is 67.4 Å². The fraction of sp³-hybridized carbons (Fsp3) is 0.500. The zero-order chi connectivity index (χ0) is 27.1. The number of nitrogens with one attached hydrogen (secondary N) is 1. The molecular formula is C30H40N4O4. The Bertz CT molecular complexity index is 1120. The van der Waals surface area contributed by atoms with Crippen LogP contribution >= 0.6 is 0 Å². The molecule has 2 N–H and O–H groups in total. The lowest BCUT2D eigenvalue weighted by atomic mass is 9.96. The summed E-state index contributed by atoms with van der Waals surface area (Å²) < 4.78 is 6.34. The Morgan fingerprint density at radius 3 is 2.63 bits per heavy atom. The van der Waals surface area contributed by atoms with Crippen LogP contribution in [-0.4, -0.2) is 76.8 Å². The standard InChI is InChI=1S/C30H40N4O4/c1-21-18-34(22(2)20-35)29(36)26-16-24(15-14-23-10-6-4-7-11-23)17-31-28(26)38-27(21)19-33(3)30(37)32-25-12-8-5-9-13-25/h4,6-7,10-11,14-17,21-22,25,27,35H,5,8-9,12-13,18-20H2,1-3H3,(H,32,37)/t21-,22-,27+/m0/s1. The molecule has 3 amide bonds. The number of likely N-dealkylation sites (N-methyl/N-ethyl adjacent to an activating group) is 1. The minimum atomic E-state index is -0.379. The molecule has 0 saturated heterocycles. The molecule has 204 valence electrons. The second kappa shape index (κ2) is 12.9. The lowest BCUT2D eigenvalue weighted by Gasteiger charge is -2.38. The van der Waals surface area contributed by atoms with E-state index in [1.54, 1.807) is 29.1 Å². The summed E-state index contributed by atoms with van der Waals surface area (Å²) in [7, 11) is 1.78. The fourth-order valence-corrected chi connectivity index (χ4v) is 5.07. The first kappa shape index (κ1) is 27.6. The molecule has 1 fully saturated rings.